The van der Waals surface area contributed by atoms with Gasteiger partial charge in [0.25, 0.3) is 0 Å². The molecular weight excluding hydrogens is 270 g/mol. The molecule has 0 bridgehead atoms. The van der Waals surface area contributed by atoms with Crippen LogP contribution in [-0.4, -0.2) is 31.0 Å². The second-order valence-corrected chi connectivity index (χ2v) is 5.18. The molecule has 1 N–H and O–H groups in total. The van der Waals surface area contributed by atoms with Crippen molar-refractivity contribution in [1.82, 2.24) is 5.32 Å². The van der Waals surface area contributed by atoms with Gasteiger partial charge in [-0.05, 0) is 25.2 Å². The lowest BCUT2D eigenvalue weighted by Crippen LogP contribution is -2.37. The van der Waals surface area contributed by atoms with Crippen LogP contribution in [0.3, 0.4) is 0 Å². The van der Waals surface area contributed by atoms with Crippen LogP contribution in [0.15, 0.2) is 0 Å². The largest absolute Gasteiger partial charge is 0.381 e. The summed E-state index contributed by atoms with van der Waals surface area (Å²) in [6, 6.07) is 0. The van der Waals surface area contributed by atoms with E-state index in [1.807, 2.05) is 0 Å². The van der Waals surface area contributed by atoms with Gasteiger partial charge in [-0.2, -0.15) is 0 Å². The maximum Gasteiger partial charge on any atom is 0.223 e. The molecule has 0 saturated carbocycles. The Labute approximate surface area is 106 Å². The lowest BCUT2D eigenvalue weighted by Gasteiger charge is -2.22. The average molecular weight is 292 g/mol. The molecule has 3 nitrogen and oxygen atoms in total. The van der Waals surface area contributed by atoms with E-state index in [9.17, 15) is 4.79 Å². The Morgan fingerprint density at radius 2 is 2.19 bits per heavy atom. The molecule has 1 atom stereocenters. The summed E-state index contributed by atoms with van der Waals surface area (Å²) in [6.45, 7) is 4.46. The Morgan fingerprint density at radius 1 is 1.50 bits per heavy atom. The summed E-state index contributed by atoms with van der Waals surface area (Å²) in [6.07, 6.45) is 4.01. The summed E-state index contributed by atoms with van der Waals surface area (Å²) in [4.78, 5) is 11.8. The predicted octanol–water partition coefficient (Wildman–Crippen LogP) is 2.34. The van der Waals surface area contributed by atoms with Crippen molar-refractivity contribution in [1.29, 1.82) is 0 Å². The van der Waals surface area contributed by atoms with Crippen molar-refractivity contribution in [2.75, 3.05) is 25.1 Å². The van der Waals surface area contributed by atoms with Gasteiger partial charge in [0.2, 0.25) is 5.91 Å². The van der Waals surface area contributed by atoms with Gasteiger partial charge < -0.3 is 10.1 Å². The monoisotopic (exact) mass is 291 g/mol. The van der Waals surface area contributed by atoms with Crippen LogP contribution in [0.1, 0.15) is 32.6 Å². The SMILES string of the molecule is CCC(CCBr)CNC(=O)C1CCOCC1. The number of carbonyl (C=O) groups excluding carboxylic acids is 1. The molecule has 0 aromatic rings. The highest BCUT2D eigenvalue weighted by Crippen LogP contribution is 2.15. The van der Waals surface area contributed by atoms with Crippen LogP contribution in [0, 0.1) is 11.8 Å². The molecular formula is C12H22BrNO2. The molecule has 1 unspecified atom stereocenters. The molecule has 94 valence electrons. The van der Waals surface area contributed by atoms with Crippen molar-refractivity contribution in [3.8, 4) is 0 Å². The van der Waals surface area contributed by atoms with Crippen molar-refractivity contribution in [2.24, 2.45) is 11.8 Å². The van der Waals surface area contributed by atoms with E-state index in [-0.39, 0.29) is 11.8 Å². The molecule has 1 heterocycles. The summed E-state index contributed by atoms with van der Waals surface area (Å²) in [5.74, 6) is 0.995. The van der Waals surface area contributed by atoms with Gasteiger partial charge in [0.15, 0.2) is 0 Å². The molecule has 4 heteroatoms. The molecule has 0 spiro atoms. The second-order valence-electron chi connectivity index (χ2n) is 4.38. The molecule has 0 radical (unpaired) electrons. The number of hydrogen-bond donors (Lipinski definition) is 1. The quantitative estimate of drug-likeness (QED) is 0.763. The van der Waals surface area contributed by atoms with Crippen molar-refractivity contribution in [3.63, 3.8) is 0 Å². The average Bonchev–Trinajstić information content (AvgIpc) is 2.35. The third-order valence-electron chi connectivity index (χ3n) is 3.25. The Balaban J connectivity index is 2.22. The second kappa shape index (κ2) is 8.07. The zero-order valence-electron chi connectivity index (χ0n) is 10.0. The molecule has 1 rings (SSSR count). The van der Waals surface area contributed by atoms with Crippen LogP contribution >= 0.6 is 15.9 Å². The summed E-state index contributed by atoms with van der Waals surface area (Å²) in [5.41, 5.74) is 0. The van der Waals surface area contributed by atoms with Crippen LogP contribution in [0.4, 0.5) is 0 Å². The summed E-state index contributed by atoms with van der Waals surface area (Å²) in [7, 11) is 0. The van der Waals surface area contributed by atoms with Gasteiger partial charge in [-0.15, -0.1) is 0 Å². The van der Waals surface area contributed by atoms with Crippen LogP contribution in [-0.2, 0) is 9.53 Å². The fourth-order valence-electron chi connectivity index (χ4n) is 1.95. The number of amides is 1. The first kappa shape index (κ1) is 14.0. The lowest BCUT2D eigenvalue weighted by atomic mass is 9.98. The molecule has 1 aliphatic rings. The van der Waals surface area contributed by atoms with Gasteiger partial charge in [-0.1, -0.05) is 29.3 Å². The summed E-state index contributed by atoms with van der Waals surface area (Å²) >= 11 is 3.45. The van der Waals surface area contributed by atoms with Crippen LogP contribution in [0.2, 0.25) is 0 Å². The smallest absolute Gasteiger partial charge is 0.223 e. The topological polar surface area (TPSA) is 38.3 Å². The molecule has 0 aliphatic carbocycles. The van der Waals surface area contributed by atoms with Gasteiger partial charge in [0, 0.05) is 31.0 Å². The third-order valence-corrected chi connectivity index (χ3v) is 3.71. The van der Waals surface area contributed by atoms with E-state index >= 15 is 0 Å². The predicted molar refractivity (Wildman–Crippen MR) is 68.7 cm³/mol. The molecule has 0 aromatic carbocycles. The molecule has 1 amide bonds. The minimum atomic E-state index is 0.176. The van der Waals surface area contributed by atoms with E-state index < -0.39 is 0 Å². The van der Waals surface area contributed by atoms with Crippen LogP contribution < -0.4 is 5.32 Å². The highest BCUT2D eigenvalue weighted by atomic mass is 79.9. The number of hydrogen-bond acceptors (Lipinski definition) is 2. The summed E-state index contributed by atoms with van der Waals surface area (Å²) < 4.78 is 5.25. The lowest BCUT2D eigenvalue weighted by molar-refractivity contribution is -0.128. The van der Waals surface area contributed by atoms with E-state index in [0.29, 0.717) is 5.92 Å². The van der Waals surface area contributed by atoms with Crippen molar-refractivity contribution >= 4 is 21.8 Å². The highest BCUT2D eigenvalue weighted by Gasteiger charge is 2.21. The first-order chi connectivity index (χ1) is 7.77. The fraction of sp³-hybridized carbons (Fsp3) is 0.917. The molecule has 0 aromatic heterocycles. The number of halogens is 1. The Bertz CT molecular complexity index is 205. The van der Waals surface area contributed by atoms with E-state index in [0.717, 1.165) is 50.8 Å². The molecule has 1 saturated heterocycles. The fourth-order valence-corrected chi connectivity index (χ4v) is 2.60. The van der Waals surface area contributed by atoms with Crippen LogP contribution in [0.5, 0.6) is 0 Å². The summed E-state index contributed by atoms with van der Waals surface area (Å²) in [5, 5.41) is 4.09. The number of alkyl halides is 1. The minimum Gasteiger partial charge on any atom is -0.381 e. The van der Waals surface area contributed by atoms with Gasteiger partial charge in [0.1, 0.15) is 0 Å². The van der Waals surface area contributed by atoms with Gasteiger partial charge in [-0.3, -0.25) is 4.79 Å². The van der Waals surface area contributed by atoms with Crippen LogP contribution in [0.25, 0.3) is 0 Å². The first-order valence-corrected chi connectivity index (χ1v) is 7.31. The zero-order valence-corrected chi connectivity index (χ0v) is 11.6. The third kappa shape index (κ3) is 4.83. The van der Waals surface area contributed by atoms with Gasteiger partial charge >= 0.3 is 0 Å². The van der Waals surface area contributed by atoms with E-state index in [1.54, 1.807) is 0 Å². The maximum absolute atomic E-state index is 11.8. The highest BCUT2D eigenvalue weighted by molar-refractivity contribution is 9.09. The van der Waals surface area contributed by atoms with E-state index in [4.69, 9.17) is 4.74 Å². The van der Waals surface area contributed by atoms with Gasteiger partial charge in [-0.25, -0.2) is 0 Å². The van der Waals surface area contributed by atoms with E-state index in [2.05, 4.69) is 28.2 Å². The van der Waals surface area contributed by atoms with Crippen molar-refractivity contribution in [3.05, 3.63) is 0 Å². The molecule has 16 heavy (non-hydrogen) atoms. The Kier molecular flexibility index (Phi) is 7.05. The number of ether oxygens (including phenoxy) is 1. The molecule has 1 fully saturated rings. The van der Waals surface area contributed by atoms with Crippen molar-refractivity contribution in [2.45, 2.75) is 32.6 Å². The minimum absolute atomic E-state index is 0.176. The standard InChI is InChI=1S/C12H22BrNO2/c1-2-10(3-6-13)9-14-12(15)11-4-7-16-8-5-11/h10-11H,2-9H2,1H3,(H,14,15). The first-order valence-electron chi connectivity index (χ1n) is 6.19. The van der Waals surface area contributed by atoms with Gasteiger partial charge in [0.05, 0.1) is 0 Å². The maximum atomic E-state index is 11.8. The van der Waals surface area contributed by atoms with Crippen molar-refractivity contribution < 1.29 is 9.53 Å². The van der Waals surface area contributed by atoms with E-state index in [1.165, 1.54) is 0 Å². The number of nitrogens with one attached hydrogen (secondary N) is 1. The Hall–Kier alpha value is -0.0900. The zero-order chi connectivity index (χ0) is 11.8. The number of rotatable bonds is 6. The molecule has 1 aliphatic heterocycles. The Morgan fingerprint density at radius 3 is 2.75 bits per heavy atom. The number of carbonyl (C=O) groups is 1. The normalized spacial score (nSPS) is 19.4.